The number of carbonyl (C=O) groups is 1. The summed E-state index contributed by atoms with van der Waals surface area (Å²) in [5.41, 5.74) is 2.64. The van der Waals surface area contributed by atoms with Crippen LogP contribution in [0.5, 0.6) is 0 Å². The molecular formula is C19H22F3NO. The molecule has 0 saturated carbocycles. The third-order valence-electron chi connectivity index (χ3n) is 4.14. The molecule has 2 nitrogen and oxygen atoms in total. The molecule has 0 aliphatic carbocycles. The Balaban J connectivity index is 1.96. The van der Waals surface area contributed by atoms with Crippen LogP contribution in [0, 0.1) is 11.8 Å². The van der Waals surface area contributed by atoms with Crippen LogP contribution in [0.25, 0.3) is 0 Å². The van der Waals surface area contributed by atoms with Gasteiger partial charge in [0.1, 0.15) is 0 Å². The lowest BCUT2D eigenvalue weighted by atomic mass is 9.97. The molecule has 0 N–H and O–H groups in total. The van der Waals surface area contributed by atoms with Crippen molar-refractivity contribution in [2.45, 2.75) is 58.2 Å². The zero-order valence-corrected chi connectivity index (χ0v) is 13.9. The van der Waals surface area contributed by atoms with E-state index in [9.17, 15) is 18.0 Å². The van der Waals surface area contributed by atoms with Gasteiger partial charge in [-0.15, -0.1) is 0 Å². The number of carbonyl (C=O) groups excluding carboxylic acids is 1. The molecule has 0 saturated heterocycles. The Hall–Kier alpha value is -1.96. The molecule has 1 aliphatic heterocycles. The van der Waals surface area contributed by atoms with E-state index in [1.807, 2.05) is 12.1 Å². The molecule has 24 heavy (non-hydrogen) atoms. The van der Waals surface area contributed by atoms with E-state index in [4.69, 9.17) is 0 Å². The van der Waals surface area contributed by atoms with Gasteiger partial charge in [0, 0.05) is 25.1 Å². The summed E-state index contributed by atoms with van der Waals surface area (Å²) >= 11 is 0. The molecule has 1 aliphatic rings. The van der Waals surface area contributed by atoms with Gasteiger partial charge < -0.3 is 4.90 Å². The van der Waals surface area contributed by atoms with Gasteiger partial charge in [-0.3, -0.25) is 4.79 Å². The molecule has 0 fully saturated rings. The SMILES string of the molecule is CCCCCCC#Cc1ccc2c(c1)CCN(C(=O)C(F)(F)F)C2. The Morgan fingerprint density at radius 2 is 2.00 bits per heavy atom. The highest BCUT2D eigenvalue weighted by molar-refractivity contribution is 5.82. The van der Waals surface area contributed by atoms with E-state index in [1.165, 1.54) is 19.3 Å². The molecule has 2 rings (SSSR count). The van der Waals surface area contributed by atoms with Gasteiger partial charge in [-0.1, -0.05) is 44.1 Å². The first kappa shape index (κ1) is 18.4. The van der Waals surface area contributed by atoms with Gasteiger partial charge in [0.05, 0.1) is 0 Å². The monoisotopic (exact) mass is 337 g/mol. The summed E-state index contributed by atoms with van der Waals surface area (Å²) in [5.74, 6) is 4.51. The molecule has 1 heterocycles. The van der Waals surface area contributed by atoms with Crippen LogP contribution in [0.3, 0.4) is 0 Å². The fourth-order valence-electron chi connectivity index (χ4n) is 2.79. The number of amides is 1. The maximum absolute atomic E-state index is 12.5. The van der Waals surface area contributed by atoms with Crippen LogP contribution in [0.4, 0.5) is 13.2 Å². The molecule has 1 amide bonds. The smallest absolute Gasteiger partial charge is 0.330 e. The molecule has 130 valence electrons. The molecule has 0 aromatic heterocycles. The fourth-order valence-corrected chi connectivity index (χ4v) is 2.79. The van der Waals surface area contributed by atoms with Crippen LogP contribution in [0.15, 0.2) is 18.2 Å². The number of fused-ring (bicyclic) bond motifs is 1. The number of rotatable bonds is 4. The number of unbranched alkanes of at least 4 members (excludes halogenated alkanes) is 4. The number of halogens is 3. The molecule has 5 heteroatoms. The van der Waals surface area contributed by atoms with Gasteiger partial charge in [0.15, 0.2) is 0 Å². The Morgan fingerprint density at radius 3 is 2.71 bits per heavy atom. The molecule has 0 bridgehead atoms. The number of nitrogens with zero attached hydrogens (tertiary/aromatic N) is 1. The third kappa shape index (κ3) is 5.02. The summed E-state index contributed by atoms with van der Waals surface area (Å²) in [6.07, 6.45) is 1.22. The maximum atomic E-state index is 12.5. The van der Waals surface area contributed by atoms with Crippen LogP contribution in [0.2, 0.25) is 0 Å². The summed E-state index contributed by atoms with van der Waals surface area (Å²) in [5, 5.41) is 0. The van der Waals surface area contributed by atoms with E-state index in [2.05, 4.69) is 18.8 Å². The first-order valence-corrected chi connectivity index (χ1v) is 8.38. The minimum absolute atomic E-state index is 0.0123. The lowest BCUT2D eigenvalue weighted by Gasteiger charge is -2.29. The van der Waals surface area contributed by atoms with E-state index in [0.29, 0.717) is 6.42 Å². The van der Waals surface area contributed by atoms with Crippen LogP contribution in [-0.4, -0.2) is 23.5 Å². The van der Waals surface area contributed by atoms with Gasteiger partial charge in [-0.2, -0.15) is 13.2 Å². The van der Waals surface area contributed by atoms with Crippen molar-refractivity contribution in [3.63, 3.8) is 0 Å². The highest BCUT2D eigenvalue weighted by atomic mass is 19.4. The quantitative estimate of drug-likeness (QED) is 0.587. The van der Waals surface area contributed by atoms with E-state index in [-0.39, 0.29) is 13.1 Å². The van der Waals surface area contributed by atoms with Gasteiger partial charge in [-0.25, -0.2) is 0 Å². The van der Waals surface area contributed by atoms with Crippen molar-refractivity contribution in [1.82, 2.24) is 4.90 Å². The predicted molar refractivity (Wildman–Crippen MR) is 87.3 cm³/mol. The Morgan fingerprint density at radius 1 is 1.21 bits per heavy atom. The molecule has 0 unspecified atom stereocenters. The number of alkyl halides is 3. The van der Waals surface area contributed by atoms with Crippen LogP contribution in [0.1, 0.15) is 55.7 Å². The first-order valence-electron chi connectivity index (χ1n) is 8.38. The third-order valence-corrected chi connectivity index (χ3v) is 4.14. The summed E-state index contributed by atoms with van der Waals surface area (Å²) in [6, 6.07) is 5.54. The fraction of sp³-hybridized carbons (Fsp3) is 0.526. The number of benzene rings is 1. The van der Waals surface area contributed by atoms with Gasteiger partial charge in [-0.05, 0) is 36.1 Å². The number of hydrogen-bond acceptors (Lipinski definition) is 1. The molecular weight excluding hydrogens is 315 g/mol. The second-order valence-electron chi connectivity index (χ2n) is 6.07. The van der Waals surface area contributed by atoms with Gasteiger partial charge >= 0.3 is 12.1 Å². The second kappa shape index (κ2) is 8.23. The van der Waals surface area contributed by atoms with Crippen molar-refractivity contribution in [1.29, 1.82) is 0 Å². The van der Waals surface area contributed by atoms with Crippen molar-refractivity contribution in [3.05, 3.63) is 34.9 Å². The lowest BCUT2D eigenvalue weighted by Crippen LogP contribution is -2.43. The van der Waals surface area contributed by atoms with Crippen molar-refractivity contribution < 1.29 is 18.0 Å². The Kier molecular flexibility index (Phi) is 6.30. The normalized spacial score (nSPS) is 13.9. The van der Waals surface area contributed by atoms with Crippen LogP contribution in [-0.2, 0) is 17.8 Å². The lowest BCUT2D eigenvalue weighted by molar-refractivity contribution is -0.186. The summed E-state index contributed by atoms with van der Waals surface area (Å²) in [7, 11) is 0. The average Bonchev–Trinajstić information content (AvgIpc) is 2.56. The van der Waals surface area contributed by atoms with E-state index in [1.54, 1.807) is 6.07 Å². The number of hydrogen-bond donors (Lipinski definition) is 0. The zero-order valence-electron chi connectivity index (χ0n) is 13.9. The van der Waals surface area contributed by atoms with Crippen LogP contribution >= 0.6 is 0 Å². The molecule has 1 aromatic carbocycles. The molecule has 0 spiro atoms. The first-order chi connectivity index (χ1) is 11.4. The van der Waals surface area contributed by atoms with E-state index < -0.39 is 12.1 Å². The molecule has 1 aromatic rings. The average molecular weight is 337 g/mol. The zero-order chi connectivity index (χ0) is 17.6. The second-order valence-corrected chi connectivity index (χ2v) is 6.07. The largest absolute Gasteiger partial charge is 0.471 e. The van der Waals surface area contributed by atoms with E-state index in [0.717, 1.165) is 34.4 Å². The van der Waals surface area contributed by atoms with Gasteiger partial charge in [0.2, 0.25) is 0 Å². The highest BCUT2D eigenvalue weighted by Crippen LogP contribution is 2.25. The molecule has 0 radical (unpaired) electrons. The Labute approximate surface area is 141 Å². The van der Waals surface area contributed by atoms with Crippen molar-refractivity contribution in [2.75, 3.05) is 6.54 Å². The summed E-state index contributed by atoms with van der Waals surface area (Å²) < 4.78 is 37.5. The Bertz CT molecular complexity index is 640. The predicted octanol–water partition coefficient (Wildman–Crippen LogP) is 4.46. The standard InChI is InChI=1S/C19H22F3NO/c1-2-3-4-5-6-7-8-15-9-10-17-14-23(12-11-16(17)13-15)18(24)19(20,21)22/h9-10,13H,2-6,11-12,14H2,1H3. The summed E-state index contributed by atoms with van der Waals surface area (Å²) in [6.45, 7) is 2.28. The van der Waals surface area contributed by atoms with Crippen molar-refractivity contribution >= 4 is 5.91 Å². The topological polar surface area (TPSA) is 20.3 Å². The van der Waals surface area contributed by atoms with Crippen molar-refractivity contribution in [3.8, 4) is 11.8 Å². The molecule has 0 atom stereocenters. The van der Waals surface area contributed by atoms with Gasteiger partial charge in [0.25, 0.3) is 0 Å². The van der Waals surface area contributed by atoms with E-state index >= 15 is 0 Å². The minimum Gasteiger partial charge on any atom is -0.330 e. The van der Waals surface area contributed by atoms with Crippen molar-refractivity contribution in [2.24, 2.45) is 0 Å². The van der Waals surface area contributed by atoms with Crippen LogP contribution < -0.4 is 0 Å². The maximum Gasteiger partial charge on any atom is 0.471 e. The summed E-state index contributed by atoms with van der Waals surface area (Å²) in [4.78, 5) is 12.2. The minimum atomic E-state index is -4.80. The highest BCUT2D eigenvalue weighted by Gasteiger charge is 2.43.